The van der Waals surface area contributed by atoms with E-state index < -0.39 is 61.3 Å². The van der Waals surface area contributed by atoms with Crippen LogP contribution in [0, 0.1) is 0 Å². The summed E-state index contributed by atoms with van der Waals surface area (Å²) in [5, 5.41) is 0. The van der Waals surface area contributed by atoms with Crippen LogP contribution in [-0.2, 0) is 61.6 Å². The Kier molecular flexibility index (Phi) is 26.1. The van der Waals surface area contributed by atoms with Gasteiger partial charge in [-0.2, -0.15) is 0 Å². The fourth-order valence-electron chi connectivity index (χ4n) is 7.04. The Labute approximate surface area is 344 Å². The minimum absolute atomic E-state index is 0.124. The summed E-state index contributed by atoms with van der Waals surface area (Å²) in [5.74, 6) is -0.397. The molecule has 12 atom stereocenters. The molecule has 2 fully saturated rings. The smallest absolute Gasteiger partial charge is 0.303 e. The summed E-state index contributed by atoms with van der Waals surface area (Å²) >= 11 is 0. The monoisotopic (exact) mass is 817 g/mol. The molecule has 57 heavy (non-hydrogen) atoms. The number of carbonyl (C=O) groups excluding carboxylic acids is 1. The van der Waals surface area contributed by atoms with Crippen molar-refractivity contribution in [2.24, 2.45) is 0 Å². The first-order valence-electron chi connectivity index (χ1n) is 22.5. The first-order chi connectivity index (χ1) is 27.8. The molecule has 0 radical (unpaired) electrons. The van der Waals surface area contributed by atoms with Crippen molar-refractivity contribution < 1.29 is 61.6 Å². The van der Waals surface area contributed by atoms with Gasteiger partial charge in [-0.3, -0.25) is 4.79 Å². The number of rotatable bonds is 31. The van der Waals surface area contributed by atoms with Gasteiger partial charge in [-0.15, -0.1) is 0 Å². The third-order valence-electron chi connectivity index (χ3n) is 10.4. The number of unbranched alkanes of at least 4 members (excludes halogenated alkanes) is 6. The quantitative estimate of drug-likeness (QED) is 0.0499. The zero-order valence-electron chi connectivity index (χ0n) is 36.7. The second-order valence-electron chi connectivity index (χ2n) is 15.5. The highest BCUT2D eigenvalue weighted by Gasteiger charge is 2.49. The summed E-state index contributed by atoms with van der Waals surface area (Å²) in [5.41, 5.74) is 0. The van der Waals surface area contributed by atoms with Gasteiger partial charge in [0.25, 0.3) is 0 Å². The Balaban J connectivity index is 1.87. The molecule has 13 heteroatoms. The van der Waals surface area contributed by atoms with Gasteiger partial charge in [0.05, 0.1) is 25.6 Å². The third kappa shape index (κ3) is 17.6. The molecule has 0 aromatic rings. The average Bonchev–Trinajstić information content (AvgIpc) is 3.19. The van der Waals surface area contributed by atoms with E-state index in [1.165, 1.54) is 6.92 Å². The first-order valence-corrected chi connectivity index (χ1v) is 22.5. The lowest BCUT2D eigenvalue weighted by atomic mass is 9.98. The summed E-state index contributed by atoms with van der Waals surface area (Å²) in [6.07, 6.45) is 9.13. The Bertz CT molecular complexity index is 1050. The molecule has 0 aromatic heterocycles. The van der Waals surface area contributed by atoms with Crippen molar-refractivity contribution in [1.29, 1.82) is 0 Å². The van der Waals surface area contributed by atoms with Crippen LogP contribution in [0.15, 0.2) is 12.3 Å². The molecule has 3 rings (SSSR count). The van der Waals surface area contributed by atoms with Crippen LogP contribution < -0.4 is 0 Å². The molecule has 0 bridgehead atoms. The molecule has 0 N–H and O–H groups in total. The van der Waals surface area contributed by atoms with Gasteiger partial charge in [-0.25, -0.2) is 0 Å². The van der Waals surface area contributed by atoms with Gasteiger partial charge in [0.2, 0.25) is 0 Å². The second kappa shape index (κ2) is 29.8. The van der Waals surface area contributed by atoms with Gasteiger partial charge >= 0.3 is 5.97 Å². The van der Waals surface area contributed by atoms with E-state index >= 15 is 0 Å². The van der Waals surface area contributed by atoms with Crippen molar-refractivity contribution >= 4 is 5.97 Å². The van der Waals surface area contributed by atoms with Crippen LogP contribution in [0.25, 0.3) is 0 Å². The molecule has 0 amide bonds. The van der Waals surface area contributed by atoms with Crippen molar-refractivity contribution in [3.63, 3.8) is 0 Å². The highest BCUT2D eigenvalue weighted by atomic mass is 16.7. The van der Waals surface area contributed by atoms with Crippen molar-refractivity contribution in [3.8, 4) is 0 Å². The molecule has 4 unspecified atom stereocenters. The van der Waals surface area contributed by atoms with Crippen molar-refractivity contribution in [1.82, 2.24) is 0 Å². The van der Waals surface area contributed by atoms with Gasteiger partial charge in [-0.1, -0.05) is 80.1 Å². The maximum absolute atomic E-state index is 12.3. The van der Waals surface area contributed by atoms with E-state index in [-0.39, 0.29) is 31.5 Å². The lowest BCUT2D eigenvalue weighted by Crippen LogP contribution is -2.61. The van der Waals surface area contributed by atoms with Crippen LogP contribution in [0.3, 0.4) is 0 Å². The van der Waals surface area contributed by atoms with E-state index in [0.717, 1.165) is 77.0 Å². The van der Waals surface area contributed by atoms with Crippen LogP contribution in [-0.4, -0.2) is 132 Å². The number of carbonyl (C=O) groups is 1. The summed E-state index contributed by atoms with van der Waals surface area (Å²) in [6.45, 7) is 20.0. The second-order valence-corrected chi connectivity index (χ2v) is 15.5. The predicted octanol–water partition coefficient (Wildman–Crippen LogP) is 7.84. The van der Waals surface area contributed by atoms with Crippen LogP contribution in [0.4, 0.5) is 0 Å². The fourth-order valence-corrected chi connectivity index (χ4v) is 7.04. The molecule has 2 saturated heterocycles. The number of esters is 1. The standard InChI is InChI=1S/C44H80O13/c1-9-15-22-46-30-37-41(55-33(8)45)35(48-24-17-11-3)29-38(56-37)57-40-34(47-23-16-10-2)21-28-49-36(40)31-53-44-43(52-27-20-14-6)42(51-26-19-13-5)39(32(7)54-44)50-25-18-12-4/h21,28,32,34-44H,9-20,22-27,29-31H2,1-8H3/t32-,34+,35+,36?,37?,38-,39+,40-,41-,42?,43?,44+/m0/s1. The minimum atomic E-state index is -0.736. The molecule has 0 aliphatic carbocycles. The third-order valence-corrected chi connectivity index (χ3v) is 10.4. The van der Waals surface area contributed by atoms with Crippen LogP contribution in [0.1, 0.15) is 139 Å². The molecule has 13 nitrogen and oxygen atoms in total. The molecule has 0 aromatic carbocycles. The van der Waals surface area contributed by atoms with Crippen molar-refractivity contribution in [2.45, 2.75) is 212 Å². The zero-order valence-corrected chi connectivity index (χ0v) is 36.7. The van der Waals surface area contributed by atoms with Crippen molar-refractivity contribution in [3.05, 3.63) is 12.3 Å². The zero-order chi connectivity index (χ0) is 41.3. The summed E-state index contributed by atoms with van der Waals surface area (Å²) in [4.78, 5) is 12.3. The Hall–Kier alpha value is -1.39. The van der Waals surface area contributed by atoms with E-state index in [2.05, 4.69) is 41.5 Å². The van der Waals surface area contributed by atoms with Gasteiger partial charge in [0.1, 0.15) is 42.7 Å². The van der Waals surface area contributed by atoms with Gasteiger partial charge in [0.15, 0.2) is 24.8 Å². The van der Waals surface area contributed by atoms with Crippen LogP contribution in [0.5, 0.6) is 0 Å². The summed E-state index contributed by atoms with van der Waals surface area (Å²) in [7, 11) is 0. The molecule has 0 spiro atoms. The Morgan fingerprint density at radius 2 is 1.16 bits per heavy atom. The van der Waals surface area contributed by atoms with E-state index in [4.69, 9.17) is 56.8 Å². The maximum atomic E-state index is 12.3. The van der Waals surface area contributed by atoms with Crippen molar-refractivity contribution in [2.75, 3.05) is 52.9 Å². The lowest BCUT2D eigenvalue weighted by molar-refractivity contribution is -0.326. The highest BCUT2D eigenvalue weighted by Crippen LogP contribution is 2.33. The molecular formula is C44H80O13. The number of hydrogen-bond acceptors (Lipinski definition) is 13. The van der Waals surface area contributed by atoms with Crippen LogP contribution >= 0.6 is 0 Å². The highest BCUT2D eigenvalue weighted by molar-refractivity contribution is 5.66. The normalized spacial score (nSPS) is 31.6. The molecule has 0 saturated carbocycles. The molecule has 3 heterocycles. The first kappa shape index (κ1) is 50.0. The minimum Gasteiger partial charge on any atom is -0.493 e. The number of hydrogen-bond donors (Lipinski definition) is 0. The van der Waals surface area contributed by atoms with E-state index in [1.54, 1.807) is 6.26 Å². The van der Waals surface area contributed by atoms with E-state index in [9.17, 15) is 4.79 Å². The maximum Gasteiger partial charge on any atom is 0.303 e. The van der Waals surface area contributed by atoms with Gasteiger partial charge in [0, 0.05) is 53.0 Å². The lowest BCUT2D eigenvalue weighted by Gasteiger charge is -2.46. The molecular weight excluding hydrogens is 736 g/mol. The predicted molar refractivity (Wildman–Crippen MR) is 217 cm³/mol. The topological polar surface area (TPSA) is 128 Å². The molecule has 3 aliphatic heterocycles. The summed E-state index contributed by atoms with van der Waals surface area (Å²) < 4.78 is 77.1. The average molecular weight is 817 g/mol. The largest absolute Gasteiger partial charge is 0.493 e. The summed E-state index contributed by atoms with van der Waals surface area (Å²) in [6, 6.07) is 0. The van der Waals surface area contributed by atoms with E-state index in [0.29, 0.717) is 46.1 Å². The van der Waals surface area contributed by atoms with Gasteiger partial charge < -0.3 is 56.8 Å². The number of ether oxygens (including phenoxy) is 12. The van der Waals surface area contributed by atoms with Crippen LogP contribution in [0.2, 0.25) is 0 Å². The SMILES string of the molecule is CCCCOCC1O[C@@H](O[C@@H]2C(CO[C@@H]3O[C@@H](C)[C@@H](OCCCC)C(OCCCC)C3OCCCC)OC=C[C@H]2OCCCC)C[C@@H](OCCCC)[C@@H]1OC(C)=O. The Morgan fingerprint density at radius 1 is 0.596 bits per heavy atom. The molecule has 334 valence electrons. The van der Waals surface area contributed by atoms with E-state index in [1.807, 2.05) is 13.0 Å². The fraction of sp³-hybridized carbons (Fsp3) is 0.932. The Morgan fingerprint density at radius 3 is 1.77 bits per heavy atom. The molecule has 3 aliphatic rings. The van der Waals surface area contributed by atoms with Gasteiger partial charge in [-0.05, 0) is 51.5 Å².